The van der Waals surface area contributed by atoms with Crippen molar-refractivity contribution in [3.8, 4) is 5.75 Å². The van der Waals surface area contributed by atoms with Crippen LogP contribution in [0.4, 0.5) is 10.1 Å². The molecule has 0 fully saturated rings. The van der Waals surface area contributed by atoms with Crippen molar-refractivity contribution < 1.29 is 27.1 Å². The maximum atomic E-state index is 13.4. The smallest absolute Gasteiger partial charge is 0.238 e. The summed E-state index contributed by atoms with van der Waals surface area (Å²) in [6, 6.07) is 9.28. The Kier molecular flexibility index (Phi) is 4.77. The van der Waals surface area contributed by atoms with E-state index in [1.165, 1.54) is 49.7 Å². The van der Waals surface area contributed by atoms with Crippen molar-refractivity contribution >= 4 is 21.5 Å². The number of sulfonamides is 1. The van der Waals surface area contributed by atoms with Crippen LogP contribution < -0.4 is 15.2 Å². The first kappa shape index (κ1) is 18.1. The number of halogens is 1. The van der Waals surface area contributed by atoms with Crippen LogP contribution in [0.2, 0.25) is 0 Å². The van der Waals surface area contributed by atoms with E-state index in [4.69, 9.17) is 14.6 Å². The SMILES string of the molecule is COC1Oc2ccc(F)cc2C(=O)/C1=C\Nc1ccc(S(N)(=O)=O)cc1. The molecule has 0 aromatic heterocycles. The number of rotatable bonds is 4. The number of Topliss-reactive ketones (excluding diaryl/α,β-unsaturated/α-hetero) is 1. The Morgan fingerprint density at radius 2 is 1.92 bits per heavy atom. The molecule has 1 atom stereocenters. The van der Waals surface area contributed by atoms with Crippen LogP contribution in [-0.4, -0.2) is 27.6 Å². The van der Waals surface area contributed by atoms with E-state index in [1.807, 2.05) is 0 Å². The molecule has 3 N–H and O–H groups in total. The van der Waals surface area contributed by atoms with Gasteiger partial charge < -0.3 is 14.8 Å². The molecule has 0 aliphatic carbocycles. The van der Waals surface area contributed by atoms with Crippen molar-refractivity contribution in [3.05, 3.63) is 65.6 Å². The summed E-state index contributed by atoms with van der Waals surface area (Å²) in [4.78, 5) is 12.6. The molecule has 7 nitrogen and oxygen atoms in total. The van der Waals surface area contributed by atoms with Gasteiger partial charge in [-0.2, -0.15) is 0 Å². The third kappa shape index (κ3) is 3.59. The standard InChI is InChI=1S/C17H15FN2O5S/c1-24-17-14(16(21)13-8-10(18)2-7-15(13)25-17)9-20-11-3-5-12(6-4-11)26(19,22)23/h2-9,17,20H,1H3,(H2,19,22,23)/b14-9+. The molecule has 1 heterocycles. The number of nitrogens with one attached hydrogen (secondary N) is 1. The second-order valence-corrected chi connectivity index (χ2v) is 7.03. The molecule has 0 saturated heterocycles. The van der Waals surface area contributed by atoms with Gasteiger partial charge in [0.15, 0.2) is 0 Å². The molecule has 9 heteroatoms. The Labute approximate surface area is 149 Å². The van der Waals surface area contributed by atoms with Gasteiger partial charge in [0.2, 0.25) is 22.1 Å². The Morgan fingerprint density at radius 3 is 2.54 bits per heavy atom. The molecule has 3 rings (SSSR count). The van der Waals surface area contributed by atoms with E-state index in [9.17, 15) is 17.6 Å². The molecule has 0 bridgehead atoms. The third-order valence-corrected chi connectivity index (χ3v) is 4.66. The molecule has 0 radical (unpaired) electrons. The van der Waals surface area contributed by atoms with E-state index < -0.39 is 27.9 Å². The Morgan fingerprint density at radius 1 is 1.23 bits per heavy atom. The summed E-state index contributed by atoms with van der Waals surface area (Å²) in [5, 5.41) is 7.90. The minimum Gasteiger partial charge on any atom is -0.460 e. The van der Waals surface area contributed by atoms with Crippen molar-refractivity contribution in [2.24, 2.45) is 5.14 Å². The molecule has 136 valence electrons. The van der Waals surface area contributed by atoms with Gasteiger partial charge in [-0.1, -0.05) is 0 Å². The molecule has 1 aliphatic heterocycles. The zero-order valence-corrected chi connectivity index (χ0v) is 14.4. The maximum Gasteiger partial charge on any atom is 0.238 e. The number of hydrogen-bond acceptors (Lipinski definition) is 6. The second kappa shape index (κ2) is 6.87. The Balaban J connectivity index is 1.88. The quantitative estimate of drug-likeness (QED) is 0.788. The molecule has 1 unspecified atom stereocenters. The highest BCUT2D eigenvalue weighted by Crippen LogP contribution is 2.31. The average Bonchev–Trinajstić information content (AvgIpc) is 2.61. The normalized spacial score (nSPS) is 18.3. The van der Waals surface area contributed by atoms with Crippen LogP contribution in [0.1, 0.15) is 10.4 Å². The van der Waals surface area contributed by atoms with Crippen LogP contribution >= 0.6 is 0 Å². The van der Waals surface area contributed by atoms with Crippen molar-refractivity contribution in [3.63, 3.8) is 0 Å². The number of ketones is 1. The van der Waals surface area contributed by atoms with Gasteiger partial charge in [-0.25, -0.2) is 17.9 Å². The molecule has 0 amide bonds. The van der Waals surface area contributed by atoms with Gasteiger partial charge in [0.25, 0.3) is 0 Å². The third-order valence-electron chi connectivity index (χ3n) is 3.73. The zero-order valence-electron chi connectivity index (χ0n) is 13.6. The van der Waals surface area contributed by atoms with Crippen molar-refractivity contribution in [2.45, 2.75) is 11.2 Å². The molecular weight excluding hydrogens is 363 g/mol. The lowest BCUT2D eigenvalue weighted by atomic mass is 9.99. The Bertz CT molecular complexity index is 987. The maximum absolute atomic E-state index is 13.4. The summed E-state index contributed by atoms with van der Waals surface area (Å²) in [6.45, 7) is 0. The van der Waals surface area contributed by atoms with E-state index >= 15 is 0 Å². The van der Waals surface area contributed by atoms with E-state index in [2.05, 4.69) is 5.32 Å². The zero-order chi connectivity index (χ0) is 18.9. The van der Waals surface area contributed by atoms with Crippen LogP contribution in [-0.2, 0) is 14.8 Å². The molecule has 26 heavy (non-hydrogen) atoms. The van der Waals surface area contributed by atoms with Crippen molar-refractivity contribution in [1.82, 2.24) is 0 Å². The largest absolute Gasteiger partial charge is 0.460 e. The van der Waals surface area contributed by atoms with Crippen LogP contribution in [0, 0.1) is 5.82 Å². The monoisotopic (exact) mass is 378 g/mol. The predicted octanol–water partition coefficient (Wildman–Crippen LogP) is 2.02. The van der Waals surface area contributed by atoms with Gasteiger partial charge in [-0.05, 0) is 42.5 Å². The number of carbonyl (C=O) groups excluding carboxylic acids is 1. The van der Waals surface area contributed by atoms with E-state index in [0.29, 0.717) is 5.69 Å². The predicted molar refractivity (Wildman–Crippen MR) is 91.7 cm³/mol. The highest BCUT2D eigenvalue weighted by Gasteiger charge is 2.32. The van der Waals surface area contributed by atoms with Gasteiger partial charge in [-0.15, -0.1) is 0 Å². The number of fused-ring (bicyclic) bond motifs is 1. The first-order valence-electron chi connectivity index (χ1n) is 7.43. The number of carbonyl (C=O) groups is 1. The van der Waals surface area contributed by atoms with E-state index in [0.717, 1.165) is 6.07 Å². The number of primary sulfonamides is 1. The lowest BCUT2D eigenvalue weighted by Crippen LogP contribution is -2.32. The highest BCUT2D eigenvalue weighted by atomic mass is 32.2. The van der Waals surface area contributed by atoms with Crippen LogP contribution in [0.25, 0.3) is 0 Å². The van der Waals surface area contributed by atoms with Crippen molar-refractivity contribution in [1.29, 1.82) is 0 Å². The molecule has 1 aliphatic rings. The molecular formula is C17H15FN2O5S. The minimum atomic E-state index is -3.79. The van der Waals surface area contributed by atoms with Gasteiger partial charge in [0.05, 0.1) is 16.0 Å². The number of nitrogens with two attached hydrogens (primary N) is 1. The van der Waals surface area contributed by atoms with Gasteiger partial charge in [0.1, 0.15) is 11.6 Å². The number of hydrogen-bond donors (Lipinski definition) is 2. The molecule has 2 aromatic carbocycles. The molecule has 0 spiro atoms. The lowest BCUT2D eigenvalue weighted by Gasteiger charge is -2.26. The topological polar surface area (TPSA) is 108 Å². The second-order valence-electron chi connectivity index (χ2n) is 5.47. The number of benzene rings is 2. The fourth-order valence-corrected chi connectivity index (χ4v) is 2.95. The average molecular weight is 378 g/mol. The molecule has 0 saturated carbocycles. The summed E-state index contributed by atoms with van der Waals surface area (Å²) in [5.41, 5.74) is 0.745. The fraction of sp³-hybridized carbons (Fsp3) is 0.118. The van der Waals surface area contributed by atoms with Crippen LogP contribution in [0.3, 0.4) is 0 Å². The summed E-state index contributed by atoms with van der Waals surface area (Å²) in [7, 11) is -2.41. The highest BCUT2D eigenvalue weighted by molar-refractivity contribution is 7.89. The Hall–Kier alpha value is -2.75. The van der Waals surface area contributed by atoms with Gasteiger partial charge >= 0.3 is 0 Å². The summed E-state index contributed by atoms with van der Waals surface area (Å²) in [6.07, 6.45) is 0.410. The van der Waals surface area contributed by atoms with Gasteiger partial charge in [0, 0.05) is 19.0 Å². The minimum absolute atomic E-state index is 0.0352. The lowest BCUT2D eigenvalue weighted by molar-refractivity contribution is -0.0283. The van der Waals surface area contributed by atoms with E-state index in [1.54, 1.807) is 0 Å². The number of ether oxygens (including phenoxy) is 2. The summed E-state index contributed by atoms with van der Waals surface area (Å²) >= 11 is 0. The van der Waals surface area contributed by atoms with Crippen LogP contribution in [0.5, 0.6) is 5.75 Å². The first-order chi connectivity index (χ1) is 12.3. The fourth-order valence-electron chi connectivity index (χ4n) is 2.43. The van der Waals surface area contributed by atoms with Crippen LogP contribution in [0.15, 0.2) is 59.1 Å². The first-order valence-corrected chi connectivity index (χ1v) is 8.97. The summed E-state index contributed by atoms with van der Waals surface area (Å²) < 4.78 is 46.7. The van der Waals surface area contributed by atoms with E-state index in [-0.39, 0.29) is 21.8 Å². The number of anilines is 1. The molecule has 2 aromatic rings. The van der Waals surface area contributed by atoms with Gasteiger partial charge in [-0.3, -0.25) is 4.79 Å². The van der Waals surface area contributed by atoms with Crippen molar-refractivity contribution in [2.75, 3.05) is 12.4 Å². The number of methoxy groups -OCH3 is 1. The summed E-state index contributed by atoms with van der Waals surface area (Å²) in [5.74, 6) is -0.758.